The van der Waals surface area contributed by atoms with Crippen LogP contribution in [0.4, 0.5) is 5.69 Å². The van der Waals surface area contributed by atoms with Gasteiger partial charge in [-0.3, -0.25) is 0 Å². The van der Waals surface area contributed by atoms with E-state index in [0.717, 1.165) is 11.6 Å². The fraction of sp³-hybridized carbons (Fsp3) is 0.143. The highest BCUT2D eigenvalue weighted by atomic mass is 35.5. The summed E-state index contributed by atoms with van der Waals surface area (Å²) in [6.07, 6.45) is 0. The number of hydrogen-bond acceptors (Lipinski definition) is 1. The molecule has 0 radical (unpaired) electrons. The van der Waals surface area contributed by atoms with Gasteiger partial charge in [0.15, 0.2) is 0 Å². The van der Waals surface area contributed by atoms with Crippen LogP contribution in [-0.2, 0) is 6.54 Å². The topological polar surface area (TPSA) is 3.24 Å². The molecule has 0 aromatic heterocycles. The van der Waals surface area contributed by atoms with Gasteiger partial charge in [-0.1, -0.05) is 41.9 Å². The summed E-state index contributed by atoms with van der Waals surface area (Å²) in [7, 11) is 2.09. The van der Waals surface area contributed by atoms with E-state index in [2.05, 4.69) is 36.2 Å². The second kappa shape index (κ2) is 5.04. The molecule has 0 saturated carbocycles. The van der Waals surface area contributed by atoms with Crippen LogP contribution in [0, 0.1) is 0 Å². The number of rotatable bonds is 3. The molecule has 0 unspecified atom stereocenters. The lowest BCUT2D eigenvalue weighted by Crippen LogP contribution is -2.15. The Balaban J connectivity index is 2.08. The Bertz CT molecular complexity index is 436. The monoisotopic (exact) mass is 231 g/mol. The van der Waals surface area contributed by atoms with Gasteiger partial charge in [-0.25, -0.2) is 0 Å². The maximum atomic E-state index is 5.85. The molecule has 1 nitrogen and oxygen atoms in total. The zero-order valence-corrected chi connectivity index (χ0v) is 9.98. The molecule has 2 aromatic carbocycles. The Labute approximate surface area is 101 Å². The second-order valence-corrected chi connectivity index (χ2v) is 4.25. The van der Waals surface area contributed by atoms with Crippen LogP contribution < -0.4 is 4.90 Å². The number of para-hydroxylation sites is 1. The van der Waals surface area contributed by atoms with Crippen molar-refractivity contribution < 1.29 is 0 Å². The minimum atomic E-state index is 0.783. The van der Waals surface area contributed by atoms with Crippen molar-refractivity contribution in [2.75, 3.05) is 11.9 Å². The molecular formula is C14H14ClN. The molecule has 0 amide bonds. The lowest BCUT2D eigenvalue weighted by atomic mass is 10.2. The van der Waals surface area contributed by atoms with Crippen molar-refractivity contribution in [2.45, 2.75) is 6.54 Å². The first-order chi connectivity index (χ1) is 7.75. The molecular weight excluding hydrogens is 218 g/mol. The number of halogens is 1. The van der Waals surface area contributed by atoms with Crippen molar-refractivity contribution in [2.24, 2.45) is 0 Å². The van der Waals surface area contributed by atoms with E-state index in [0.29, 0.717) is 0 Å². The average Bonchev–Trinajstić information content (AvgIpc) is 2.33. The molecule has 16 heavy (non-hydrogen) atoms. The maximum Gasteiger partial charge on any atom is 0.0426 e. The van der Waals surface area contributed by atoms with Gasteiger partial charge in [0.2, 0.25) is 0 Å². The molecule has 82 valence electrons. The Morgan fingerprint density at radius 1 is 0.938 bits per heavy atom. The number of hydrogen-bond donors (Lipinski definition) is 0. The molecule has 0 aliphatic carbocycles. The van der Waals surface area contributed by atoms with E-state index < -0.39 is 0 Å². The van der Waals surface area contributed by atoms with E-state index in [9.17, 15) is 0 Å². The lowest BCUT2D eigenvalue weighted by Gasteiger charge is -2.19. The third-order valence-electron chi connectivity index (χ3n) is 2.53. The van der Waals surface area contributed by atoms with Crippen molar-refractivity contribution >= 4 is 17.3 Å². The number of nitrogens with zero attached hydrogens (tertiary/aromatic N) is 1. The predicted octanol–water partition coefficient (Wildman–Crippen LogP) is 3.98. The van der Waals surface area contributed by atoms with Crippen molar-refractivity contribution in [3.05, 3.63) is 65.2 Å². The van der Waals surface area contributed by atoms with Crippen LogP contribution in [0.2, 0.25) is 5.02 Å². The van der Waals surface area contributed by atoms with Crippen LogP contribution in [0.3, 0.4) is 0 Å². The van der Waals surface area contributed by atoms with E-state index in [1.54, 1.807) is 0 Å². The molecule has 0 aliphatic heterocycles. The molecule has 0 N–H and O–H groups in total. The Morgan fingerprint density at radius 2 is 1.56 bits per heavy atom. The fourth-order valence-electron chi connectivity index (χ4n) is 1.64. The summed E-state index contributed by atoms with van der Waals surface area (Å²) < 4.78 is 0. The summed E-state index contributed by atoms with van der Waals surface area (Å²) in [6.45, 7) is 0.890. The SMILES string of the molecule is CN(Cc1ccc(Cl)cc1)c1ccccc1. The van der Waals surface area contributed by atoms with Gasteiger partial charge in [-0.15, -0.1) is 0 Å². The van der Waals surface area contributed by atoms with E-state index in [1.165, 1.54) is 11.3 Å². The number of benzene rings is 2. The zero-order chi connectivity index (χ0) is 11.4. The second-order valence-electron chi connectivity index (χ2n) is 3.82. The summed E-state index contributed by atoms with van der Waals surface area (Å²) in [5.41, 5.74) is 2.48. The first-order valence-electron chi connectivity index (χ1n) is 5.26. The third kappa shape index (κ3) is 2.77. The highest BCUT2D eigenvalue weighted by molar-refractivity contribution is 6.30. The summed E-state index contributed by atoms with van der Waals surface area (Å²) >= 11 is 5.85. The standard InChI is InChI=1S/C14H14ClN/c1-16(14-5-3-2-4-6-14)11-12-7-9-13(15)10-8-12/h2-10H,11H2,1H3. The fourth-order valence-corrected chi connectivity index (χ4v) is 1.76. The van der Waals surface area contributed by atoms with E-state index in [1.807, 2.05) is 30.3 Å². The summed E-state index contributed by atoms with van der Waals surface area (Å²) in [4.78, 5) is 2.21. The normalized spacial score (nSPS) is 10.1. The Morgan fingerprint density at radius 3 is 2.19 bits per heavy atom. The van der Waals surface area contributed by atoms with Crippen molar-refractivity contribution in [1.29, 1.82) is 0 Å². The van der Waals surface area contributed by atoms with Gasteiger partial charge in [0.1, 0.15) is 0 Å². The summed E-state index contributed by atoms with van der Waals surface area (Å²) in [6, 6.07) is 18.3. The van der Waals surface area contributed by atoms with Crippen LogP contribution >= 0.6 is 11.6 Å². The van der Waals surface area contributed by atoms with Gasteiger partial charge in [0.25, 0.3) is 0 Å². The quantitative estimate of drug-likeness (QED) is 0.773. The Kier molecular flexibility index (Phi) is 3.47. The van der Waals surface area contributed by atoms with Gasteiger partial charge in [0.05, 0.1) is 0 Å². The van der Waals surface area contributed by atoms with Crippen LogP contribution in [0.15, 0.2) is 54.6 Å². The van der Waals surface area contributed by atoms with Crippen LogP contribution in [0.1, 0.15) is 5.56 Å². The molecule has 0 atom stereocenters. The molecule has 0 bridgehead atoms. The van der Waals surface area contributed by atoms with Crippen LogP contribution in [0.25, 0.3) is 0 Å². The molecule has 0 fully saturated rings. The Hall–Kier alpha value is -1.47. The van der Waals surface area contributed by atoms with Gasteiger partial charge < -0.3 is 4.90 Å². The van der Waals surface area contributed by atoms with Gasteiger partial charge in [-0.05, 0) is 29.8 Å². The number of anilines is 1. The summed E-state index contributed by atoms with van der Waals surface area (Å²) in [5.74, 6) is 0. The molecule has 0 aliphatic rings. The highest BCUT2D eigenvalue weighted by Crippen LogP contribution is 2.16. The van der Waals surface area contributed by atoms with Gasteiger partial charge in [0, 0.05) is 24.3 Å². The highest BCUT2D eigenvalue weighted by Gasteiger charge is 2.00. The largest absolute Gasteiger partial charge is 0.370 e. The molecule has 2 rings (SSSR count). The van der Waals surface area contributed by atoms with Gasteiger partial charge >= 0.3 is 0 Å². The molecule has 0 heterocycles. The smallest absolute Gasteiger partial charge is 0.0426 e. The lowest BCUT2D eigenvalue weighted by molar-refractivity contribution is 0.923. The van der Waals surface area contributed by atoms with E-state index in [4.69, 9.17) is 11.6 Å². The van der Waals surface area contributed by atoms with Crippen molar-refractivity contribution in [3.63, 3.8) is 0 Å². The van der Waals surface area contributed by atoms with Crippen molar-refractivity contribution in [3.8, 4) is 0 Å². The van der Waals surface area contributed by atoms with Crippen LogP contribution in [-0.4, -0.2) is 7.05 Å². The van der Waals surface area contributed by atoms with Crippen molar-refractivity contribution in [1.82, 2.24) is 0 Å². The minimum Gasteiger partial charge on any atom is -0.370 e. The molecule has 0 saturated heterocycles. The molecule has 0 spiro atoms. The van der Waals surface area contributed by atoms with Gasteiger partial charge in [-0.2, -0.15) is 0 Å². The molecule has 2 heteroatoms. The predicted molar refractivity (Wildman–Crippen MR) is 70.0 cm³/mol. The third-order valence-corrected chi connectivity index (χ3v) is 2.78. The first kappa shape index (κ1) is 11.0. The minimum absolute atomic E-state index is 0.783. The average molecular weight is 232 g/mol. The first-order valence-corrected chi connectivity index (χ1v) is 5.64. The summed E-state index contributed by atoms with van der Waals surface area (Å²) in [5, 5.41) is 0.783. The molecule has 2 aromatic rings. The van der Waals surface area contributed by atoms with E-state index in [-0.39, 0.29) is 0 Å². The van der Waals surface area contributed by atoms with Crippen LogP contribution in [0.5, 0.6) is 0 Å². The zero-order valence-electron chi connectivity index (χ0n) is 9.23. The van der Waals surface area contributed by atoms with E-state index >= 15 is 0 Å². The maximum absolute atomic E-state index is 5.85.